The van der Waals surface area contributed by atoms with E-state index in [1.54, 1.807) is 23.5 Å². The van der Waals surface area contributed by atoms with Crippen molar-refractivity contribution in [2.24, 2.45) is 0 Å². The molecule has 11 nitrogen and oxygen atoms in total. The number of hydrogen-bond acceptors (Lipinski definition) is 10. The van der Waals surface area contributed by atoms with Crippen LogP contribution in [0.2, 0.25) is 0 Å². The van der Waals surface area contributed by atoms with Crippen molar-refractivity contribution in [1.29, 1.82) is 5.41 Å². The molecule has 3 N–H and O–H groups in total. The highest BCUT2D eigenvalue weighted by atomic mass is 32.1. The summed E-state index contributed by atoms with van der Waals surface area (Å²) in [6, 6.07) is 0.116. The van der Waals surface area contributed by atoms with Gasteiger partial charge in [0.1, 0.15) is 11.3 Å². The molecule has 0 unspecified atom stereocenters. The van der Waals surface area contributed by atoms with E-state index in [-0.39, 0.29) is 17.1 Å². The van der Waals surface area contributed by atoms with Gasteiger partial charge in [0.25, 0.3) is 5.91 Å². The smallest absolute Gasteiger partial charge is 0.410 e. The molecule has 3 heterocycles. The standard InChI is InChI=1S/C20H26N8O3S/c1-20(2,3)31-19(30)28-8-4-13(5-9-28)24-11-14(10-21)25-16(29)18-27-26-17(32-18)15-12-22-6-7-23-15/h6-7,10-13,21,24H,4-5,8-9H2,1-3H3,(H,25,29)/b14-11+,21-10?. The molecule has 12 heteroatoms. The van der Waals surface area contributed by atoms with Crippen LogP contribution >= 0.6 is 11.3 Å². The van der Waals surface area contributed by atoms with Crippen molar-refractivity contribution < 1.29 is 14.3 Å². The number of carbonyl (C=O) groups is 2. The van der Waals surface area contributed by atoms with Gasteiger partial charge in [-0.05, 0) is 33.6 Å². The lowest BCUT2D eigenvalue weighted by molar-refractivity contribution is 0.0201. The van der Waals surface area contributed by atoms with Crippen LogP contribution in [0.15, 0.2) is 30.5 Å². The first-order chi connectivity index (χ1) is 15.2. The largest absolute Gasteiger partial charge is 0.444 e. The molecule has 2 aromatic rings. The molecule has 32 heavy (non-hydrogen) atoms. The van der Waals surface area contributed by atoms with Crippen molar-refractivity contribution in [1.82, 2.24) is 35.7 Å². The normalized spacial score (nSPS) is 15.2. The number of piperidine rings is 1. The van der Waals surface area contributed by atoms with Crippen molar-refractivity contribution in [2.45, 2.75) is 45.3 Å². The van der Waals surface area contributed by atoms with Crippen LogP contribution in [-0.2, 0) is 4.74 Å². The van der Waals surface area contributed by atoms with Crippen molar-refractivity contribution in [3.8, 4) is 10.7 Å². The molecule has 0 radical (unpaired) electrons. The van der Waals surface area contributed by atoms with Gasteiger partial charge in [-0.15, -0.1) is 10.2 Å². The number of amides is 2. The van der Waals surface area contributed by atoms with E-state index in [2.05, 4.69) is 30.8 Å². The molecule has 3 rings (SSSR count). The minimum Gasteiger partial charge on any atom is -0.444 e. The predicted octanol–water partition coefficient (Wildman–Crippen LogP) is 2.20. The van der Waals surface area contributed by atoms with Crippen LogP contribution in [0.3, 0.4) is 0 Å². The van der Waals surface area contributed by atoms with Crippen LogP contribution in [0.1, 0.15) is 43.4 Å². The molecule has 1 aliphatic heterocycles. The highest BCUT2D eigenvalue weighted by Gasteiger charge is 2.26. The molecule has 0 aliphatic carbocycles. The van der Waals surface area contributed by atoms with Gasteiger partial charge in [0, 0.05) is 43.9 Å². The van der Waals surface area contributed by atoms with Gasteiger partial charge in [0.15, 0.2) is 5.01 Å². The van der Waals surface area contributed by atoms with Gasteiger partial charge < -0.3 is 25.7 Å². The summed E-state index contributed by atoms with van der Waals surface area (Å²) in [5.41, 5.74) is 0.306. The van der Waals surface area contributed by atoms with Gasteiger partial charge in [-0.1, -0.05) is 11.3 Å². The lowest BCUT2D eigenvalue weighted by Gasteiger charge is -2.33. The van der Waals surface area contributed by atoms with Crippen LogP contribution in [0.4, 0.5) is 4.79 Å². The number of ether oxygens (including phenoxy) is 1. The summed E-state index contributed by atoms with van der Waals surface area (Å²) in [5.74, 6) is -0.464. The van der Waals surface area contributed by atoms with Crippen molar-refractivity contribution in [2.75, 3.05) is 13.1 Å². The average molecular weight is 459 g/mol. The first-order valence-corrected chi connectivity index (χ1v) is 10.9. The van der Waals surface area contributed by atoms with Gasteiger partial charge in [-0.25, -0.2) is 4.79 Å². The zero-order chi connectivity index (χ0) is 23.1. The Morgan fingerprint density at radius 1 is 1.25 bits per heavy atom. The Balaban J connectivity index is 1.51. The number of nitrogens with one attached hydrogen (secondary N) is 3. The summed E-state index contributed by atoms with van der Waals surface area (Å²) in [6.45, 7) is 6.67. The topological polar surface area (TPSA) is 146 Å². The first-order valence-electron chi connectivity index (χ1n) is 10.1. The fourth-order valence-electron chi connectivity index (χ4n) is 2.89. The third kappa shape index (κ3) is 6.54. The monoisotopic (exact) mass is 458 g/mol. The molecule has 0 spiro atoms. The van der Waals surface area contributed by atoms with Crippen LogP contribution in [0, 0.1) is 5.41 Å². The second-order valence-electron chi connectivity index (χ2n) is 8.11. The molecule has 2 amide bonds. The number of likely N-dealkylation sites (tertiary alicyclic amines) is 1. The van der Waals surface area contributed by atoms with E-state index in [9.17, 15) is 9.59 Å². The summed E-state index contributed by atoms with van der Waals surface area (Å²) < 4.78 is 5.40. The number of allylic oxidation sites excluding steroid dienone is 1. The van der Waals surface area contributed by atoms with Crippen molar-refractivity contribution in [3.05, 3.63) is 35.5 Å². The molecule has 0 aromatic carbocycles. The van der Waals surface area contributed by atoms with E-state index in [0.717, 1.165) is 30.4 Å². The Morgan fingerprint density at radius 2 is 2.00 bits per heavy atom. The van der Waals surface area contributed by atoms with E-state index in [1.165, 1.54) is 6.20 Å². The Labute approximate surface area is 189 Å². The maximum atomic E-state index is 12.5. The number of carbonyl (C=O) groups excluding carboxylic acids is 2. The molecule has 0 saturated carbocycles. The molecule has 0 bridgehead atoms. The van der Waals surface area contributed by atoms with Crippen LogP contribution < -0.4 is 10.6 Å². The molecule has 1 fully saturated rings. The van der Waals surface area contributed by atoms with E-state index < -0.39 is 11.5 Å². The Hall–Kier alpha value is -3.41. The SMILES string of the molecule is CC(C)(C)OC(=O)N1CCC(N/C=C(\C=N)NC(=O)c2nnc(-c3cnccn3)s2)CC1. The molecule has 2 aromatic heterocycles. The van der Waals surface area contributed by atoms with Gasteiger partial charge >= 0.3 is 6.09 Å². The molecular weight excluding hydrogens is 432 g/mol. The number of aromatic nitrogens is 4. The lowest BCUT2D eigenvalue weighted by Crippen LogP contribution is -2.45. The van der Waals surface area contributed by atoms with Gasteiger partial charge in [0.2, 0.25) is 5.01 Å². The second kappa shape index (κ2) is 10.3. The van der Waals surface area contributed by atoms with E-state index in [1.807, 2.05) is 20.8 Å². The lowest BCUT2D eigenvalue weighted by atomic mass is 10.1. The zero-order valence-electron chi connectivity index (χ0n) is 18.2. The van der Waals surface area contributed by atoms with Crippen LogP contribution in [-0.4, -0.2) is 68.0 Å². The summed E-state index contributed by atoms with van der Waals surface area (Å²) in [6.07, 6.45) is 8.41. The Kier molecular flexibility index (Phi) is 7.46. The maximum absolute atomic E-state index is 12.5. The van der Waals surface area contributed by atoms with E-state index in [4.69, 9.17) is 10.1 Å². The molecule has 170 valence electrons. The number of hydrogen-bond donors (Lipinski definition) is 3. The molecule has 0 atom stereocenters. The summed E-state index contributed by atoms with van der Waals surface area (Å²) in [5, 5.41) is 21.9. The molecule has 1 saturated heterocycles. The number of rotatable bonds is 6. The van der Waals surface area contributed by atoms with Crippen LogP contribution in [0.5, 0.6) is 0 Å². The summed E-state index contributed by atoms with van der Waals surface area (Å²) >= 11 is 1.09. The zero-order valence-corrected chi connectivity index (χ0v) is 19.0. The quantitative estimate of drug-likeness (QED) is 0.559. The summed E-state index contributed by atoms with van der Waals surface area (Å²) in [7, 11) is 0. The Morgan fingerprint density at radius 3 is 2.62 bits per heavy atom. The van der Waals surface area contributed by atoms with Crippen LogP contribution in [0.25, 0.3) is 10.7 Å². The van der Waals surface area contributed by atoms with E-state index >= 15 is 0 Å². The van der Waals surface area contributed by atoms with Gasteiger partial charge in [-0.3, -0.25) is 14.8 Å². The molecule has 1 aliphatic rings. The predicted molar refractivity (Wildman–Crippen MR) is 119 cm³/mol. The summed E-state index contributed by atoms with van der Waals surface area (Å²) in [4.78, 5) is 34.4. The first kappa shape index (κ1) is 23.3. The second-order valence-corrected chi connectivity index (χ2v) is 9.09. The number of nitrogens with zero attached hydrogens (tertiary/aromatic N) is 5. The van der Waals surface area contributed by atoms with Crippen molar-refractivity contribution in [3.63, 3.8) is 0 Å². The van der Waals surface area contributed by atoms with E-state index in [0.29, 0.717) is 29.5 Å². The fourth-order valence-corrected chi connectivity index (χ4v) is 3.59. The maximum Gasteiger partial charge on any atom is 0.410 e. The van der Waals surface area contributed by atoms with Gasteiger partial charge in [-0.2, -0.15) is 0 Å². The average Bonchev–Trinajstić information content (AvgIpc) is 3.27. The molecular formula is C20H26N8O3S. The third-order valence-electron chi connectivity index (χ3n) is 4.44. The fraction of sp³-hybridized carbons (Fsp3) is 0.450. The highest BCUT2D eigenvalue weighted by molar-refractivity contribution is 7.16. The third-order valence-corrected chi connectivity index (χ3v) is 5.38. The minimum absolute atomic E-state index is 0.116. The van der Waals surface area contributed by atoms with Gasteiger partial charge in [0.05, 0.1) is 11.9 Å². The minimum atomic E-state index is -0.520. The highest BCUT2D eigenvalue weighted by Crippen LogP contribution is 2.20. The van der Waals surface area contributed by atoms with Crippen molar-refractivity contribution >= 4 is 29.6 Å². The Bertz CT molecular complexity index is 978.